The van der Waals surface area contributed by atoms with Crippen molar-refractivity contribution in [1.29, 1.82) is 0 Å². The smallest absolute Gasteiger partial charge is 0.261 e. The number of pyridine rings is 1. The van der Waals surface area contributed by atoms with E-state index < -0.39 is 0 Å². The first kappa shape index (κ1) is 14.4. The van der Waals surface area contributed by atoms with Crippen LogP contribution in [0.5, 0.6) is 0 Å². The van der Waals surface area contributed by atoms with Crippen LogP contribution in [0.4, 0.5) is 5.69 Å². The van der Waals surface area contributed by atoms with Crippen LogP contribution in [0.2, 0.25) is 0 Å². The van der Waals surface area contributed by atoms with Gasteiger partial charge >= 0.3 is 0 Å². The third-order valence-corrected chi connectivity index (χ3v) is 3.75. The predicted molar refractivity (Wildman–Crippen MR) is 82.8 cm³/mol. The minimum Gasteiger partial charge on any atom is -0.322 e. The highest BCUT2D eigenvalue weighted by Gasteiger charge is 2.32. The summed E-state index contributed by atoms with van der Waals surface area (Å²) in [6, 6.07) is 6.26. The molecule has 1 aromatic heterocycles. The zero-order valence-electron chi connectivity index (χ0n) is 11.5. The van der Waals surface area contributed by atoms with Gasteiger partial charge in [-0.1, -0.05) is 0 Å². The highest BCUT2D eigenvalue weighted by Crippen LogP contribution is 2.25. The average Bonchev–Trinajstić information content (AvgIpc) is 2.72. The van der Waals surface area contributed by atoms with Crippen molar-refractivity contribution in [2.24, 2.45) is 0 Å². The number of aromatic nitrogens is 1. The minimum atomic E-state index is -0.375. The fraction of sp³-hybridized carbons (Fsp3) is 0.0667. The molecule has 110 valence electrons. The molecule has 0 fully saturated rings. The van der Waals surface area contributed by atoms with Crippen molar-refractivity contribution in [3.8, 4) is 0 Å². The number of carbonyl (C=O) groups is 3. The molecule has 1 aliphatic heterocycles. The maximum atomic E-state index is 12.1. The Kier molecular flexibility index (Phi) is 3.50. The van der Waals surface area contributed by atoms with E-state index in [0.717, 1.165) is 4.90 Å². The monoisotopic (exact) mass is 359 g/mol. The SMILES string of the molecule is CN1C(=O)c2ccc(NC(=O)c3cncc(Br)c3)cc2C1=O. The average molecular weight is 360 g/mol. The van der Waals surface area contributed by atoms with E-state index in [-0.39, 0.29) is 23.3 Å². The Morgan fingerprint density at radius 3 is 2.59 bits per heavy atom. The second kappa shape index (κ2) is 5.34. The normalized spacial score (nSPS) is 13.3. The molecular formula is C15H10BrN3O3. The second-order valence-corrected chi connectivity index (χ2v) is 5.69. The number of carbonyl (C=O) groups excluding carboxylic acids is 3. The number of amides is 3. The summed E-state index contributed by atoms with van der Waals surface area (Å²) in [4.78, 5) is 40.9. The molecule has 22 heavy (non-hydrogen) atoms. The molecule has 3 rings (SSSR count). The first-order valence-corrected chi connectivity index (χ1v) is 7.15. The number of hydrogen-bond acceptors (Lipinski definition) is 4. The van der Waals surface area contributed by atoms with E-state index in [2.05, 4.69) is 26.2 Å². The highest BCUT2D eigenvalue weighted by atomic mass is 79.9. The van der Waals surface area contributed by atoms with Crippen LogP contribution >= 0.6 is 15.9 Å². The maximum Gasteiger partial charge on any atom is 0.261 e. The van der Waals surface area contributed by atoms with Crippen molar-refractivity contribution >= 4 is 39.3 Å². The van der Waals surface area contributed by atoms with Crippen LogP contribution in [0.15, 0.2) is 41.1 Å². The number of nitrogens with one attached hydrogen (secondary N) is 1. The van der Waals surface area contributed by atoms with Crippen LogP contribution in [0.25, 0.3) is 0 Å². The van der Waals surface area contributed by atoms with Crippen LogP contribution < -0.4 is 5.32 Å². The van der Waals surface area contributed by atoms with E-state index in [1.54, 1.807) is 18.3 Å². The molecule has 2 heterocycles. The zero-order valence-corrected chi connectivity index (χ0v) is 13.0. The molecule has 6 nitrogen and oxygen atoms in total. The number of fused-ring (bicyclic) bond motifs is 1. The maximum absolute atomic E-state index is 12.1. The Morgan fingerprint density at radius 1 is 1.14 bits per heavy atom. The van der Waals surface area contributed by atoms with Crippen LogP contribution in [0, 0.1) is 0 Å². The molecule has 1 aromatic carbocycles. The standard InChI is InChI=1S/C15H10BrN3O3/c1-19-14(21)11-3-2-10(5-12(11)15(19)22)18-13(20)8-4-9(16)7-17-6-8/h2-7H,1H3,(H,18,20). The van der Waals surface area contributed by atoms with Crippen LogP contribution in [0.1, 0.15) is 31.1 Å². The van der Waals surface area contributed by atoms with Crippen molar-refractivity contribution in [3.63, 3.8) is 0 Å². The number of nitrogens with zero attached hydrogens (tertiary/aromatic N) is 2. The van der Waals surface area contributed by atoms with E-state index in [1.807, 2.05) is 0 Å². The fourth-order valence-electron chi connectivity index (χ4n) is 2.18. The number of rotatable bonds is 2. The number of imide groups is 1. The van der Waals surface area contributed by atoms with Crippen LogP contribution in [0.3, 0.4) is 0 Å². The number of benzene rings is 1. The molecule has 0 atom stereocenters. The van der Waals surface area contributed by atoms with Crippen LogP contribution in [-0.4, -0.2) is 34.7 Å². The van der Waals surface area contributed by atoms with Gasteiger partial charge in [-0.3, -0.25) is 24.3 Å². The third-order valence-electron chi connectivity index (χ3n) is 3.31. The van der Waals surface area contributed by atoms with Crippen molar-refractivity contribution in [2.45, 2.75) is 0 Å². The molecule has 1 aliphatic rings. The van der Waals surface area contributed by atoms with Gasteiger partial charge in [0, 0.05) is 29.6 Å². The summed E-state index contributed by atoms with van der Waals surface area (Å²) in [5.41, 5.74) is 1.46. The van der Waals surface area contributed by atoms with E-state index in [0.29, 0.717) is 21.3 Å². The molecule has 0 aliphatic carbocycles. The topological polar surface area (TPSA) is 79.4 Å². The Bertz CT molecular complexity index is 819. The molecule has 3 amide bonds. The largest absolute Gasteiger partial charge is 0.322 e. The Morgan fingerprint density at radius 2 is 1.86 bits per heavy atom. The summed E-state index contributed by atoms with van der Waals surface area (Å²) in [6.45, 7) is 0. The molecule has 0 spiro atoms. The summed E-state index contributed by atoms with van der Waals surface area (Å²) < 4.78 is 0.691. The lowest BCUT2D eigenvalue weighted by Crippen LogP contribution is -2.24. The molecule has 2 aromatic rings. The molecule has 1 N–H and O–H groups in total. The van der Waals surface area contributed by atoms with Gasteiger partial charge in [-0.25, -0.2) is 0 Å². The lowest BCUT2D eigenvalue weighted by Gasteiger charge is -2.06. The minimum absolute atomic E-state index is 0.290. The zero-order chi connectivity index (χ0) is 15.9. The molecule has 0 bridgehead atoms. The Labute approximate surface area is 134 Å². The summed E-state index contributed by atoms with van der Waals surface area (Å²) in [5.74, 6) is -1.06. The van der Waals surface area contributed by atoms with Gasteiger partial charge in [0.1, 0.15) is 0 Å². The van der Waals surface area contributed by atoms with Gasteiger partial charge < -0.3 is 5.32 Å². The lowest BCUT2D eigenvalue weighted by atomic mass is 10.1. The number of anilines is 1. The van der Waals surface area contributed by atoms with Crippen molar-refractivity contribution in [1.82, 2.24) is 9.88 Å². The summed E-state index contributed by atoms with van der Waals surface area (Å²) in [6.07, 6.45) is 3.02. The van der Waals surface area contributed by atoms with E-state index in [1.165, 1.54) is 25.4 Å². The number of hydrogen-bond donors (Lipinski definition) is 1. The summed E-state index contributed by atoms with van der Waals surface area (Å²) >= 11 is 3.25. The first-order valence-electron chi connectivity index (χ1n) is 6.35. The van der Waals surface area contributed by atoms with Gasteiger partial charge in [0.05, 0.1) is 16.7 Å². The quantitative estimate of drug-likeness (QED) is 0.834. The van der Waals surface area contributed by atoms with Gasteiger partial charge in [-0.2, -0.15) is 0 Å². The van der Waals surface area contributed by atoms with E-state index >= 15 is 0 Å². The van der Waals surface area contributed by atoms with E-state index in [4.69, 9.17) is 0 Å². The molecule has 0 saturated carbocycles. The van der Waals surface area contributed by atoms with Crippen molar-refractivity contribution in [3.05, 3.63) is 57.8 Å². The first-order chi connectivity index (χ1) is 10.5. The molecule has 0 saturated heterocycles. The van der Waals surface area contributed by atoms with Gasteiger partial charge in [0.2, 0.25) is 0 Å². The molecular weight excluding hydrogens is 350 g/mol. The van der Waals surface area contributed by atoms with Crippen LogP contribution in [-0.2, 0) is 0 Å². The lowest BCUT2D eigenvalue weighted by molar-refractivity contribution is 0.0692. The van der Waals surface area contributed by atoms with Crippen molar-refractivity contribution < 1.29 is 14.4 Å². The molecule has 0 unspecified atom stereocenters. The third kappa shape index (κ3) is 2.39. The summed E-state index contributed by atoms with van der Waals surface area (Å²) in [5, 5.41) is 2.68. The van der Waals surface area contributed by atoms with Gasteiger partial charge in [0.25, 0.3) is 17.7 Å². The number of halogens is 1. The fourth-order valence-corrected chi connectivity index (χ4v) is 2.54. The predicted octanol–water partition coefficient (Wildman–Crippen LogP) is 2.32. The van der Waals surface area contributed by atoms with E-state index in [9.17, 15) is 14.4 Å². The van der Waals surface area contributed by atoms with Crippen molar-refractivity contribution in [2.75, 3.05) is 12.4 Å². The Hall–Kier alpha value is -2.54. The van der Waals surface area contributed by atoms with Gasteiger partial charge in [-0.05, 0) is 40.2 Å². The second-order valence-electron chi connectivity index (χ2n) is 4.78. The van der Waals surface area contributed by atoms with Gasteiger partial charge in [-0.15, -0.1) is 0 Å². The van der Waals surface area contributed by atoms with Gasteiger partial charge in [0.15, 0.2) is 0 Å². The highest BCUT2D eigenvalue weighted by molar-refractivity contribution is 9.10. The molecule has 7 heteroatoms. The summed E-state index contributed by atoms with van der Waals surface area (Å²) in [7, 11) is 1.43. The Balaban J connectivity index is 1.88. The molecule has 0 radical (unpaired) electrons.